The molecule has 114 valence electrons. The molecule has 3 fully saturated rings. The summed E-state index contributed by atoms with van der Waals surface area (Å²) in [4.78, 5) is 14.8. The molecule has 20 heavy (non-hydrogen) atoms. The van der Waals surface area contributed by atoms with Crippen LogP contribution in [0.4, 0.5) is 0 Å². The van der Waals surface area contributed by atoms with Gasteiger partial charge in [-0.1, -0.05) is 0 Å². The maximum atomic E-state index is 12.2. The smallest absolute Gasteiger partial charge is 0.325 e. The SMILES string of the molecule is COC(=O)C(C)(CC(C)N1CC2CCC1C2)NC1CC1. The molecule has 0 amide bonds. The van der Waals surface area contributed by atoms with Gasteiger partial charge in [0.2, 0.25) is 0 Å². The zero-order valence-corrected chi connectivity index (χ0v) is 13.0. The molecule has 1 heterocycles. The number of hydrogen-bond acceptors (Lipinski definition) is 4. The van der Waals surface area contributed by atoms with Crippen LogP contribution in [0, 0.1) is 5.92 Å². The largest absolute Gasteiger partial charge is 0.468 e. The molecule has 0 aromatic rings. The fourth-order valence-corrected chi connectivity index (χ4v) is 4.32. The van der Waals surface area contributed by atoms with Gasteiger partial charge in [-0.05, 0) is 58.3 Å². The van der Waals surface area contributed by atoms with Gasteiger partial charge in [-0.15, -0.1) is 0 Å². The Morgan fingerprint density at radius 3 is 2.65 bits per heavy atom. The lowest BCUT2D eigenvalue weighted by molar-refractivity contribution is -0.149. The molecule has 1 aliphatic heterocycles. The number of esters is 1. The van der Waals surface area contributed by atoms with E-state index in [0.29, 0.717) is 12.1 Å². The topological polar surface area (TPSA) is 41.6 Å². The number of piperidine rings is 1. The number of rotatable bonds is 6. The third-order valence-electron chi connectivity index (χ3n) is 5.46. The summed E-state index contributed by atoms with van der Waals surface area (Å²) >= 11 is 0. The maximum absolute atomic E-state index is 12.2. The van der Waals surface area contributed by atoms with Crippen LogP contribution in [0.5, 0.6) is 0 Å². The highest BCUT2D eigenvalue weighted by Crippen LogP contribution is 2.39. The minimum absolute atomic E-state index is 0.111. The predicted octanol–water partition coefficient (Wildman–Crippen LogP) is 1.93. The zero-order valence-electron chi connectivity index (χ0n) is 13.0. The summed E-state index contributed by atoms with van der Waals surface area (Å²) in [5, 5.41) is 3.52. The van der Waals surface area contributed by atoms with E-state index >= 15 is 0 Å². The van der Waals surface area contributed by atoms with E-state index < -0.39 is 5.54 Å². The van der Waals surface area contributed by atoms with E-state index in [-0.39, 0.29) is 5.97 Å². The highest BCUT2D eigenvalue weighted by Gasteiger charge is 2.45. The monoisotopic (exact) mass is 280 g/mol. The lowest BCUT2D eigenvalue weighted by Gasteiger charge is -2.38. The van der Waals surface area contributed by atoms with Gasteiger partial charge in [0.25, 0.3) is 0 Å². The van der Waals surface area contributed by atoms with E-state index in [1.54, 1.807) is 0 Å². The Balaban J connectivity index is 1.64. The first-order valence-electron chi connectivity index (χ1n) is 8.13. The Hall–Kier alpha value is -0.610. The lowest BCUT2D eigenvalue weighted by Crippen LogP contribution is -2.55. The molecule has 1 N–H and O–H groups in total. The average molecular weight is 280 g/mol. The van der Waals surface area contributed by atoms with Crippen LogP contribution in [0.3, 0.4) is 0 Å². The van der Waals surface area contributed by atoms with Crippen molar-refractivity contribution in [1.82, 2.24) is 10.2 Å². The molecule has 0 spiro atoms. The number of hydrogen-bond donors (Lipinski definition) is 1. The van der Waals surface area contributed by atoms with Crippen molar-refractivity contribution >= 4 is 5.97 Å². The van der Waals surface area contributed by atoms with Crippen LogP contribution < -0.4 is 5.32 Å². The van der Waals surface area contributed by atoms with E-state index in [0.717, 1.165) is 18.4 Å². The molecule has 3 aliphatic rings. The first-order valence-corrected chi connectivity index (χ1v) is 8.13. The van der Waals surface area contributed by atoms with Crippen LogP contribution in [-0.4, -0.2) is 48.2 Å². The number of nitrogens with zero attached hydrogens (tertiary/aromatic N) is 1. The van der Waals surface area contributed by atoms with Gasteiger partial charge in [-0.2, -0.15) is 0 Å². The summed E-state index contributed by atoms with van der Waals surface area (Å²) in [5.74, 6) is 0.795. The van der Waals surface area contributed by atoms with Crippen LogP contribution in [0.15, 0.2) is 0 Å². The third kappa shape index (κ3) is 2.73. The highest BCUT2D eigenvalue weighted by molar-refractivity contribution is 5.80. The zero-order chi connectivity index (χ0) is 14.3. The predicted molar refractivity (Wildman–Crippen MR) is 78.5 cm³/mol. The molecular weight excluding hydrogens is 252 g/mol. The van der Waals surface area contributed by atoms with Gasteiger partial charge in [0, 0.05) is 24.7 Å². The molecule has 4 nitrogen and oxygen atoms in total. The van der Waals surface area contributed by atoms with Crippen LogP contribution in [0.1, 0.15) is 52.4 Å². The van der Waals surface area contributed by atoms with Crippen LogP contribution in [0.25, 0.3) is 0 Å². The second-order valence-electron chi connectivity index (χ2n) is 7.33. The first-order chi connectivity index (χ1) is 9.51. The molecule has 2 bridgehead atoms. The van der Waals surface area contributed by atoms with E-state index in [1.807, 2.05) is 6.92 Å². The minimum Gasteiger partial charge on any atom is -0.468 e. The van der Waals surface area contributed by atoms with E-state index in [9.17, 15) is 4.79 Å². The second kappa shape index (κ2) is 5.30. The maximum Gasteiger partial charge on any atom is 0.325 e. The Bertz CT molecular complexity index is 383. The average Bonchev–Trinajstić information content (AvgIpc) is 2.98. The van der Waals surface area contributed by atoms with Crippen molar-refractivity contribution in [3.63, 3.8) is 0 Å². The fourth-order valence-electron chi connectivity index (χ4n) is 4.32. The molecule has 3 rings (SSSR count). The van der Waals surface area contributed by atoms with Gasteiger partial charge in [0.1, 0.15) is 5.54 Å². The van der Waals surface area contributed by atoms with Gasteiger partial charge in [0.15, 0.2) is 0 Å². The quantitative estimate of drug-likeness (QED) is 0.755. The molecule has 1 saturated heterocycles. The van der Waals surface area contributed by atoms with Crippen molar-refractivity contribution in [3.8, 4) is 0 Å². The Morgan fingerprint density at radius 1 is 1.40 bits per heavy atom. The first kappa shape index (κ1) is 14.3. The summed E-state index contributed by atoms with van der Waals surface area (Å²) in [6, 6.07) is 1.72. The number of ether oxygens (including phenoxy) is 1. The van der Waals surface area contributed by atoms with Gasteiger partial charge >= 0.3 is 5.97 Å². The van der Waals surface area contributed by atoms with Crippen molar-refractivity contribution in [2.75, 3.05) is 13.7 Å². The summed E-state index contributed by atoms with van der Waals surface area (Å²) in [6.45, 7) is 5.52. The van der Waals surface area contributed by atoms with Crippen molar-refractivity contribution < 1.29 is 9.53 Å². The number of fused-ring (bicyclic) bond motifs is 2. The normalized spacial score (nSPS) is 34.0. The number of methoxy groups -OCH3 is 1. The third-order valence-corrected chi connectivity index (χ3v) is 5.46. The van der Waals surface area contributed by atoms with Gasteiger partial charge in [-0.3, -0.25) is 15.0 Å². The molecule has 0 aromatic heterocycles. The molecule has 4 atom stereocenters. The summed E-state index contributed by atoms with van der Waals surface area (Å²) in [6.07, 6.45) is 7.35. The number of carbonyl (C=O) groups excluding carboxylic acids is 1. The van der Waals surface area contributed by atoms with Crippen LogP contribution >= 0.6 is 0 Å². The van der Waals surface area contributed by atoms with Gasteiger partial charge in [0.05, 0.1) is 7.11 Å². The number of likely N-dealkylation sites (tertiary alicyclic amines) is 1. The fraction of sp³-hybridized carbons (Fsp3) is 0.938. The van der Waals surface area contributed by atoms with E-state index in [4.69, 9.17) is 4.74 Å². The summed E-state index contributed by atoms with van der Waals surface area (Å²) < 4.78 is 5.05. The lowest BCUT2D eigenvalue weighted by atomic mass is 9.91. The van der Waals surface area contributed by atoms with Gasteiger partial charge in [-0.25, -0.2) is 0 Å². The summed E-state index contributed by atoms with van der Waals surface area (Å²) in [7, 11) is 1.50. The Kier molecular flexibility index (Phi) is 3.80. The Labute approximate surface area is 122 Å². The minimum atomic E-state index is -0.531. The number of carbonyl (C=O) groups is 1. The molecule has 4 heteroatoms. The van der Waals surface area contributed by atoms with Crippen molar-refractivity contribution in [3.05, 3.63) is 0 Å². The van der Waals surface area contributed by atoms with Crippen molar-refractivity contribution in [1.29, 1.82) is 0 Å². The van der Waals surface area contributed by atoms with E-state index in [2.05, 4.69) is 17.1 Å². The second-order valence-corrected chi connectivity index (χ2v) is 7.33. The molecular formula is C16H28N2O2. The van der Waals surface area contributed by atoms with Crippen molar-refractivity contribution in [2.24, 2.45) is 5.92 Å². The summed E-state index contributed by atoms with van der Waals surface area (Å²) in [5.41, 5.74) is -0.531. The molecule has 4 unspecified atom stereocenters. The van der Waals surface area contributed by atoms with E-state index in [1.165, 1.54) is 45.8 Å². The number of nitrogens with one attached hydrogen (secondary N) is 1. The Morgan fingerprint density at radius 2 is 2.15 bits per heavy atom. The van der Waals surface area contributed by atoms with Crippen LogP contribution in [0.2, 0.25) is 0 Å². The highest BCUT2D eigenvalue weighted by atomic mass is 16.5. The van der Waals surface area contributed by atoms with Crippen LogP contribution in [-0.2, 0) is 9.53 Å². The molecule has 2 saturated carbocycles. The molecule has 2 aliphatic carbocycles. The van der Waals surface area contributed by atoms with Crippen molar-refractivity contribution in [2.45, 2.75) is 76.0 Å². The van der Waals surface area contributed by atoms with Gasteiger partial charge < -0.3 is 4.74 Å². The molecule has 0 aromatic carbocycles. The molecule has 0 radical (unpaired) electrons. The standard InChI is InChI=1S/C16H28N2O2/c1-11(18-10-12-4-7-14(18)8-12)9-16(2,15(19)20-3)17-13-5-6-13/h11-14,17H,4-10H2,1-3H3.